The summed E-state index contributed by atoms with van der Waals surface area (Å²) in [6.07, 6.45) is 2.57. The fourth-order valence-electron chi connectivity index (χ4n) is 1.98. The molecule has 0 heterocycles. The molecule has 1 saturated carbocycles. The number of amides is 1. The number of hydrogen-bond acceptors (Lipinski definition) is 2. The molecule has 1 aromatic rings. The average molecular weight is 306 g/mol. The summed E-state index contributed by atoms with van der Waals surface area (Å²) in [6.45, 7) is 3.61. The third-order valence-corrected chi connectivity index (χ3v) is 3.62. The number of aliphatic imine (C=N–C) groups is 1. The molecule has 1 aromatic carbocycles. The molecule has 0 atom stereocenters. The lowest BCUT2D eigenvalue weighted by atomic mass is 10.1. The van der Waals surface area contributed by atoms with Gasteiger partial charge in [0.1, 0.15) is 5.82 Å². The second-order valence-electron chi connectivity index (χ2n) is 5.54. The first-order valence-electron chi connectivity index (χ1n) is 7.59. The predicted octanol–water partition coefficient (Wildman–Crippen LogP) is 1.44. The summed E-state index contributed by atoms with van der Waals surface area (Å²) in [5, 5.41) is 9.12. The van der Waals surface area contributed by atoms with E-state index in [0.717, 1.165) is 18.4 Å². The van der Waals surface area contributed by atoms with Gasteiger partial charge in [-0.2, -0.15) is 0 Å². The average Bonchev–Trinajstić information content (AvgIpc) is 3.33. The van der Waals surface area contributed by atoms with Gasteiger partial charge in [-0.1, -0.05) is 6.07 Å². The van der Waals surface area contributed by atoms with Crippen molar-refractivity contribution in [3.63, 3.8) is 0 Å². The van der Waals surface area contributed by atoms with Crippen LogP contribution in [-0.4, -0.2) is 38.5 Å². The Morgan fingerprint density at radius 3 is 2.64 bits per heavy atom. The number of halogens is 1. The zero-order valence-corrected chi connectivity index (χ0v) is 13.1. The van der Waals surface area contributed by atoms with E-state index >= 15 is 0 Å². The van der Waals surface area contributed by atoms with Crippen molar-refractivity contribution in [3.05, 3.63) is 35.1 Å². The molecule has 1 aliphatic rings. The molecule has 0 radical (unpaired) electrons. The Bertz CT molecular complexity index is 555. The van der Waals surface area contributed by atoms with Gasteiger partial charge in [0.25, 0.3) is 5.91 Å². The van der Waals surface area contributed by atoms with Crippen LogP contribution < -0.4 is 16.0 Å². The third kappa shape index (κ3) is 5.02. The van der Waals surface area contributed by atoms with Crippen LogP contribution in [0.5, 0.6) is 0 Å². The molecule has 22 heavy (non-hydrogen) atoms. The van der Waals surface area contributed by atoms with E-state index in [-0.39, 0.29) is 11.7 Å². The summed E-state index contributed by atoms with van der Waals surface area (Å²) in [4.78, 5) is 16.0. The summed E-state index contributed by atoms with van der Waals surface area (Å²) in [5.41, 5.74) is 0.864. The standard InChI is InChI=1S/C16H23FN4O/c1-11-3-6-13(9-14(11)17)15(22)19-7-8-20-16(18-2)21-10-12-4-5-12/h3,6,9,12H,4-5,7-8,10H2,1-2H3,(H,19,22)(H2,18,20,21). The van der Waals surface area contributed by atoms with Crippen LogP contribution in [0.1, 0.15) is 28.8 Å². The van der Waals surface area contributed by atoms with Gasteiger partial charge in [-0.3, -0.25) is 9.79 Å². The minimum Gasteiger partial charge on any atom is -0.356 e. The van der Waals surface area contributed by atoms with Crippen molar-refractivity contribution in [2.75, 3.05) is 26.7 Å². The van der Waals surface area contributed by atoms with Gasteiger partial charge in [0, 0.05) is 32.2 Å². The van der Waals surface area contributed by atoms with E-state index in [1.807, 2.05) is 0 Å². The second kappa shape index (κ2) is 7.77. The molecule has 6 heteroatoms. The molecule has 0 unspecified atom stereocenters. The third-order valence-electron chi connectivity index (χ3n) is 3.62. The Balaban J connectivity index is 1.68. The Kier molecular flexibility index (Phi) is 5.75. The summed E-state index contributed by atoms with van der Waals surface area (Å²) in [5.74, 6) is 0.870. The maximum absolute atomic E-state index is 13.4. The number of aryl methyl sites for hydroxylation is 1. The van der Waals surface area contributed by atoms with Crippen molar-refractivity contribution in [2.24, 2.45) is 10.9 Å². The summed E-state index contributed by atoms with van der Waals surface area (Å²) >= 11 is 0. The molecular formula is C16H23FN4O. The van der Waals surface area contributed by atoms with E-state index in [0.29, 0.717) is 24.2 Å². The van der Waals surface area contributed by atoms with Gasteiger partial charge >= 0.3 is 0 Å². The molecule has 3 N–H and O–H groups in total. The van der Waals surface area contributed by atoms with Crippen LogP contribution in [0, 0.1) is 18.7 Å². The van der Waals surface area contributed by atoms with Crippen LogP contribution in [0.25, 0.3) is 0 Å². The molecule has 5 nitrogen and oxygen atoms in total. The highest BCUT2D eigenvalue weighted by atomic mass is 19.1. The maximum Gasteiger partial charge on any atom is 0.251 e. The van der Waals surface area contributed by atoms with E-state index in [4.69, 9.17) is 0 Å². The maximum atomic E-state index is 13.4. The Hall–Kier alpha value is -2.11. The number of carbonyl (C=O) groups excluding carboxylic acids is 1. The number of hydrogen-bond donors (Lipinski definition) is 3. The van der Waals surface area contributed by atoms with Crippen LogP contribution in [0.15, 0.2) is 23.2 Å². The zero-order valence-electron chi connectivity index (χ0n) is 13.1. The molecule has 0 saturated heterocycles. The fraction of sp³-hybridized carbons (Fsp3) is 0.500. The van der Waals surface area contributed by atoms with Gasteiger partial charge in [0.2, 0.25) is 0 Å². The smallest absolute Gasteiger partial charge is 0.251 e. The van der Waals surface area contributed by atoms with E-state index in [1.54, 1.807) is 26.1 Å². The first kappa shape index (κ1) is 16.3. The van der Waals surface area contributed by atoms with Gasteiger partial charge in [-0.25, -0.2) is 4.39 Å². The Morgan fingerprint density at radius 2 is 2.00 bits per heavy atom. The van der Waals surface area contributed by atoms with Gasteiger partial charge in [0.15, 0.2) is 5.96 Å². The lowest BCUT2D eigenvalue weighted by Gasteiger charge is -2.12. The molecule has 120 valence electrons. The normalized spacial score (nSPS) is 14.6. The van der Waals surface area contributed by atoms with E-state index in [9.17, 15) is 9.18 Å². The van der Waals surface area contributed by atoms with Crippen LogP contribution in [0.4, 0.5) is 4.39 Å². The summed E-state index contributed by atoms with van der Waals surface area (Å²) < 4.78 is 13.4. The quantitative estimate of drug-likeness (QED) is 0.423. The van der Waals surface area contributed by atoms with Crippen molar-refractivity contribution in [2.45, 2.75) is 19.8 Å². The first-order chi connectivity index (χ1) is 10.6. The van der Waals surface area contributed by atoms with Gasteiger partial charge in [-0.15, -0.1) is 0 Å². The topological polar surface area (TPSA) is 65.5 Å². The molecule has 1 aliphatic carbocycles. The first-order valence-corrected chi connectivity index (χ1v) is 7.59. The highest BCUT2D eigenvalue weighted by molar-refractivity contribution is 5.94. The van der Waals surface area contributed by atoms with Crippen LogP contribution >= 0.6 is 0 Å². The number of carbonyl (C=O) groups is 1. The van der Waals surface area contributed by atoms with E-state index in [2.05, 4.69) is 20.9 Å². The van der Waals surface area contributed by atoms with Crippen molar-refractivity contribution >= 4 is 11.9 Å². The van der Waals surface area contributed by atoms with Crippen LogP contribution in [-0.2, 0) is 0 Å². The Labute approximate surface area is 130 Å². The van der Waals surface area contributed by atoms with Gasteiger partial charge in [0.05, 0.1) is 0 Å². The molecule has 1 fully saturated rings. The number of nitrogens with one attached hydrogen (secondary N) is 3. The minimum absolute atomic E-state index is 0.276. The van der Waals surface area contributed by atoms with Crippen molar-refractivity contribution in [3.8, 4) is 0 Å². The molecule has 2 rings (SSSR count). The molecule has 1 amide bonds. The number of rotatable bonds is 6. The van der Waals surface area contributed by atoms with E-state index < -0.39 is 0 Å². The molecule has 0 bridgehead atoms. The fourth-order valence-corrected chi connectivity index (χ4v) is 1.98. The highest BCUT2D eigenvalue weighted by Crippen LogP contribution is 2.27. The van der Waals surface area contributed by atoms with Crippen LogP contribution in [0.3, 0.4) is 0 Å². The number of nitrogens with zero attached hydrogens (tertiary/aromatic N) is 1. The molecule has 0 aromatic heterocycles. The monoisotopic (exact) mass is 306 g/mol. The largest absolute Gasteiger partial charge is 0.356 e. The van der Waals surface area contributed by atoms with Crippen molar-refractivity contribution in [1.29, 1.82) is 0 Å². The van der Waals surface area contributed by atoms with Crippen LogP contribution in [0.2, 0.25) is 0 Å². The number of benzene rings is 1. The molecule has 0 spiro atoms. The number of guanidine groups is 1. The second-order valence-corrected chi connectivity index (χ2v) is 5.54. The molecule has 0 aliphatic heterocycles. The predicted molar refractivity (Wildman–Crippen MR) is 85.6 cm³/mol. The highest BCUT2D eigenvalue weighted by Gasteiger charge is 2.20. The lowest BCUT2D eigenvalue weighted by molar-refractivity contribution is 0.0954. The van der Waals surface area contributed by atoms with Crippen molar-refractivity contribution < 1.29 is 9.18 Å². The van der Waals surface area contributed by atoms with Gasteiger partial charge in [-0.05, 0) is 43.4 Å². The van der Waals surface area contributed by atoms with Gasteiger partial charge < -0.3 is 16.0 Å². The lowest BCUT2D eigenvalue weighted by Crippen LogP contribution is -2.42. The van der Waals surface area contributed by atoms with Crippen molar-refractivity contribution in [1.82, 2.24) is 16.0 Å². The SMILES string of the molecule is CN=C(NCCNC(=O)c1ccc(C)c(F)c1)NCC1CC1. The Morgan fingerprint density at radius 1 is 1.27 bits per heavy atom. The molecular weight excluding hydrogens is 283 g/mol. The minimum atomic E-state index is -0.365. The van der Waals surface area contributed by atoms with E-state index in [1.165, 1.54) is 18.9 Å². The summed E-state index contributed by atoms with van der Waals surface area (Å²) in [7, 11) is 1.72. The zero-order chi connectivity index (χ0) is 15.9. The summed E-state index contributed by atoms with van der Waals surface area (Å²) in [6, 6.07) is 4.48.